The van der Waals surface area contributed by atoms with E-state index >= 15 is 0 Å². The first-order chi connectivity index (χ1) is 7.69. The van der Waals surface area contributed by atoms with Crippen molar-refractivity contribution in [2.24, 2.45) is 0 Å². The second-order valence-electron chi connectivity index (χ2n) is 3.61. The van der Waals surface area contributed by atoms with Crippen molar-refractivity contribution in [3.05, 3.63) is 29.6 Å². The number of hydrogen-bond acceptors (Lipinski definition) is 3. The lowest BCUT2D eigenvalue weighted by Crippen LogP contribution is -2.25. The molecule has 0 aliphatic rings. The van der Waals surface area contributed by atoms with Gasteiger partial charge in [-0.05, 0) is 13.0 Å². The number of halogens is 1. The molecule has 0 bridgehead atoms. The molecule has 0 aliphatic heterocycles. The molecule has 1 aromatic carbocycles. The molecule has 1 rings (SSSR count). The molecule has 1 atom stereocenters. The molecule has 0 aliphatic carbocycles. The van der Waals surface area contributed by atoms with Crippen molar-refractivity contribution in [1.29, 1.82) is 0 Å². The van der Waals surface area contributed by atoms with Gasteiger partial charge in [0.2, 0.25) is 0 Å². The van der Waals surface area contributed by atoms with E-state index in [4.69, 9.17) is 9.47 Å². The van der Waals surface area contributed by atoms with Crippen LogP contribution in [0.15, 0.2) is 18.2 Å². The Labute approximate surface area is 95.6 Å². The van der Waals surface area contributed by atoms with Gasteiger partial charge in [-0.15, -0.1) is 0 Å². The third kappa shape index (κ3) is 3.47. The van der Waals surface area contributed by atoms with Gasteiger partial charge in [-0.25, -0.2) is 4.39 Å². The van der Waals surface area contributed by atoms with E-state index in [1.165, 1.54) is 7.11 Å². The summed E-state index contributed by atoms with van der Waals surface area (Å²) in [7, 11) is 3.11. The number of ether oxygens (including phenoxy) is 2. The Morgan fingerprint density at radius 2 is 2.12 bits per heavy atom. The van der Waals surface area contributed by atoms with Crippen LogP contribution in [-0.2, 0) is 11.3 Å². The molecular formula is C12H18FNO2. The standard InChI is InChI=1S/C12H18FNO2/c1-9(15-2)7-14-8-10-5-4-6-11(16-3)12(10)13/h4-6,9,14H,7-8H2,1-3H3. The normalized spacial score (nSPS) is 12.5. The molecule has 16 heavy (non-hydrogen) atoms. The molecule has 0 amide bonds. The highest BCUT2D eigenvalue weighted by Crippen LogP contribution is 2.19. The number of nitrogens with one attached hydrogen (secondary N) is 1. The second kappa shape index (κ2) is 6.45. The van der Waals surface area contributed by atoms with E-state index in [0.717, 1.165) is 0 Å². The highest BCUT2D eigenvalue weighted by Gasteiger charge is 2.08. The third-order valence-electron chi connectivity index (χ3n) is 2.41. The first-order valence-corrected chi connectivity index (χ1v) is 5.24. The van der Waals surface area contributed by atoms with Gasteiger partial charge in [0.05, 0.1) is 13.2 Å². The van der Waals surface area contributed by atoms with Crippen molar-refractivity contribution in [3.8, 4) is 5.75 Å². The van der Waals surface area contributed by atoms with Crippen molar-refractivity contribution < 1.29 is 13.9 Å². The maximum absolute atomic E-state index is 13.7. The largest absolute Gasteiger partial charge is 0.494 e. The topological polar surface area (TPSA) is 30.5 Å². The molecule has 0 radical (unpaired) electrons. The summed E-state index contributed by atoms with van der Waals surface area (Å²) in [4.78, 5) is 0. The van der Waals surface area contributed by atoms with Crippen molar-refractivity contribution in [2.75, 3.05) is 20.8 Å². The van der Waals surface area contributed by atoms with Crippen molar-refractivity contribution in [1.82, 2.24) is 5.32 Å². The van der Waals surface area contributed by atoms with Crippen LogP contribution in [-0.4, -0.2) is 26.9 Å². The summed E-state index contributed by atoms with van der Waals surface area (Å²) in [6.07, 6.45) is 0.119. The minimum Gasteiger partial charge on any atom is -0.494 e. The highest BCUT2D eigenvalue weighted by molar-refractivity contribution is 5.30. The van der Waals surface area contributed by atoms with Gasteiger partial charge in [-0.1, -0.05) is 12.1 Å². The molecule has 0 saturated carbocycles. The summed E-state index contributed by atoms with van der Waals surface area (Å²) in [6.45, 7) is 3.11. The number of methoxy groups -OCH3 is 2. The fourth-order valence-electron chi connectivity index (χ4n) is 1.34. The zero-order valence-corrected chi connectivity index (χ0v) is 9.92. The third-order valence-corrected chi connectivity index (χ3v) is 2.41. The Morgan fingerprint density at radius 3 is 2.75 bits per heavy atom. The summed E-state index contributed by atoms with van der Waals surface area (Å²) in [5.41, 5.74) is 0.600. The number of hydrogen-bond donors (Lipinski definition) is 1. The van der Waals surface area contributed by atoms with Gasteiger partial charge >= 0.3 is 0 Å². The van der Waals surface area contributed by atoms with Crippen LogP contribution in [0.25, 0.3) is 0 Å². The Kier molecular flexibility index (Phi) is 5.22. The highest BCUT2D eigenvalue weighted by atomic mass is 19.1. The zero-order chi connectivity index (χ0) is 12.0. The average molecular weight is 227 g/mol. The molecule has 1 N–H and O–H groups in total. The van der Waals surface area contributed by atoms with Crippen LogP contribution in [0.3, 0.4) is 0 Å². The molecular weight excluding hydrogens is 209 g/mol. The molecule has 0 spiro atoms. The van der Waals surface area contributed by atoms with Crippen molar-refractivity contribution >= 4 is 0 Å². The minimum atomic E-state index is -0.303. The molecule has 1 unspecified atom stereocenters. The summed E-state index contributed by atoms with van der Waals surface area (Å²) in [5, 5.41) is 3.12. The lowest BCUT2D eigenvalue weighted by Gasteiger charge is -2.12. The summed E-state index contributed by atoms with van der Waals surface area (Å²) < 4.78 is 23.7. The Morgan fingerprint density at radius 1 is 1.38 bits per heavy atom. The average Bonchev–Trinajstić information content (AvgIpc) is 2.31. The molecule has 0 heterocycles. The van der Waals surface area contributed by atoms with Gasteiger partial charge in [-0.2, -0.15) is 0 Å². The quantitative estimate of drug-likeness (QED) is 0.805. The van der Waals surface area contributed by atoms with E-state index in [0.29, 0.717) is 18.7 Å². The first-order valence-electron chi connectivity index (χ1n) is 5.24. The van der Waals surface area contributed by atoms with Crippen molar-refractivity contribution in [2.45, 2.75) is 19.6 Å². The Bertz CT molecular complexity index is 331. The molecule has 1 aromatic rings. The molecule has 90 valence electrons. The Hall–Kier alpha value is -1.13. The summed E-state index contributed by atoms with van der Waals surface area (Å²) in [5.74, 6) is -0.0262. The van der Waals surface area contributed by atoms with Gasteiger partial charge in [-0.3, -0.25) is 0 Å². The van der Waals surface area contributed by atoms with Crippen LogP contribution in [0, 0.1) is 5.82 Å². The summed E-state index contributed by atoms with van der Waals surface area (Å²) >= 11 is 0. The maximum Gasteiger partial charge on any atom is 0.169 e. The minimum absolute atomic E-state index is 0.119. The lowest BCUT2D eigenvalue weighted by atomic mass is 10.2. The zero-order valence-electron chi connectivity index (χ0n) is 9.92. The summed E-state index contributed by atoms with van der Waals surface area (Å²) in [6, 6.07) is 5.12. The van der Waals surface area contributed by atoms with Gasteiger partial charge in [0, 0.05) is 25.8 Å². The Balaban J connectivity index is 2.54. The van der Waals surface area contributed by atoms with Crippen LogP contribution < -0.4 is 10.1 Å². The van der Waals surface area contributed by atoms with E-state index in [2.05, 4.69) is 5.32 Å². The lowest BCUT2D eigenvalue weighted by molar-refractivity contribution is 0.117. The number of benzene rings is 1. The van der Waals surface area contributed by atoms with Crippen LogP contribution in [0.5, 0.6) is 5.75 Å². The van der Waals surface area contributed by atoms with E-state index < -0.39 is 0 Å². The molecule has 0 aromatic heterocycles. The first kappa shape index (κ1) is 12.9. The van der Waals surface area contributed by atoms with Gasteiger partial charge in [0.15, 0.2) is 11.6 Å². The van der Waals surface area contributed by atoms with Crippen LogP contribution in [0.2, 0.25) is 0 Å². The molecule has 0 fully saturated rings. The predicted octanol–water partition coefficient (Wildman–Crippen LogP) is 1.96. The van der Waals surface area contributed by atoms with Crippen LogP contribution in [0.1, 0.15) is 12.5 Å². The van der Waals surface area contributed by atoms with Crippen molar-refractivity contribution in [3.63, 3.8) is 0 Å². The van der Waals surface area contributed by atoms with Gasteiger partial charge in [0.25, 0.3) is 0 Å². The predicted molar refractivity (Wildman–Crippen MR) is 61.1 cm³/mol. The fourth-order valence-corrected chi connectivity index (χ4v) is 1.34. The van der Waals surface area contributed by atoms with Crippen LogP contribution in [0.4, 0.5) is 4.39 Å². The molecule has 4 heteroatoms. The van der Waals surface area contributed by atoms with E-state index in [9.17, 15) is 4.39 Å². The van der Waals surface area contributed by atoms with E-state index in [1.807, 2.05) is 6.92 Å². The van der Waals surface area contributed by atoms with E-state index in [1.54, 1.807) is 25.3 Å². The van der Waals surface area contributed by atoms with Gasteiger partial charge in [0.1, 0.15) is 0 Å². The number of rotatable bonds is 6. The molecule has 0 saturated heterocycles. The maximum atomic E-state index is 13.7. The fraction of sp³-hybridized carbons (Fsp3) is 0.500. The monoisotopic (exact) mass is 227 g/mol. The second-order valence-corrected chi connectivity index (χ2v) is 3.61. The van der Waals surface area contributed by atoms with E-state index in [-0.39, 0.29) is 17.7 Å². The SMILES string of the molecule is COc1cccc(CNCC(C)OC)c1F. The smallest absolute Gasteiger partial charge is 0.169 e. The van der Waals surface area contributed by atoms with Gasteiger partial charge < -0.3 is 14.8 Å². The van der Waals surface area contributed by atoms with Crippen LogP contribution >= 0.6 is 0 Å². The molecule has 3 nitrogen and oxygen atoms in total.